The van der Waals surface area contributed by atoms with Crippen molar-refractivity contribution in [2.24, 2.45) is 0 Å². The van der Waals surface area contributed by atoms with Crippen molar-refractivity contribution in [1.82, 2.24) is 4.98 Å². The van der Waals surface area contributed by atoms with E-state index in [1.165, 1.54) is 6.08 Å². The molecule has 0 spiro atoms. The second kappa shape index (κ2) is 5.77. The number of carbonyl (C=O) groups is 1. The highest BCUT2D eigenvalue weighted by molar-refractivity contribution is 5.85. The van der Waals surface area contributed by atoms with E-state index in [0.29, 0.717) is 30.4 Å². The van der Waals surface area contributed by atoms with Gasteiger partial charge in [0.05, 0.1) is 0 Å². The third kappa shape index (κ3) is 2.85. The van der Waals surface area contributed by atoms with Crippen LogP contribution in [0, 0.1) is 0 Å². The number of hydrogen-bond acceptors (Lipinski definition) is 4. The first-order valence-electron chi connectivity index (χ1n) is 6.68. The summed E-state index contributed by atoms with van der Waals surface area (Å²) < 4.78 is 11.0. The normalized spacial score (nSPS) is 13.3. The van der Waals surface area contributed by atoms with Gasteiger partial charge < -0.3 is 19.6 Å². The van der Waals surface area contributed by atoms with Crippen molar-refractivity contribution in [2.45, 2.75) is 0 Å². The van der Waals surface area contributed by atoms with Crippen molar-refractivity contribution in [3.8, 4) is 22.8 Å². The summed E-state index contributed by atoms with van der Waals surface area (Å²) in [5.74, 6) is 0.216. The van der Waals surface area contributed by atoms with E-state index in [0.717, 1.165) is 11.6 Å². The lowest BCUT2D eigenvalue weighted by Gasteiger charge is -2.18. The summed E-state index contributed by atoms with van der Waals surface area (Å²) in [6, 6.07) is 8.71. The van der Waals surface area contributed by atoms with Gasteiger partial charge in [-0.15, -0.1) is 0 Å². The molecule has 3 rings (SSSR count). The predicted molar refractivity (Wildman–Crippen MR) is 80.2 cm³/mol. The molecule has 6 nitrogen and oxygen atoms in total. The van der Waals surface area contributed by atoms with Gasteiger partial charge in [-0.2, -0.15) is 0 Å². The number of rotatable bonds is 3. The van der Waals surface area contributed by atoms with Crippen molar-refractivity contribution in [2.75, 3.05) is 13.2 Å². The fourth-order valence-corrected chi connectivity index (χ4v) is 2.16. The lowest BCUT2D eigenvalue weighted by atomic mass is 10.1. The van der Waals surface area contributed by atoms with Crippen LogP contribution in [0.5, 0.6) is 11.5 Å². The number of nitrogens with one attached hydrogen (secondary N) is 1. The quantitative estimate of drug-likeness (QED) is 0.845. The molecule has 1 aromatic carbocycles. The van der Waals surface area contributed by atoms with Crippen LogP contribution in [0.15, 0.2) is 41.2 Å². The molecule has 2 N–H and O–H groups in total. The summed E-state index contributed by atoms with van der Waals surface area (Å²) >= 11 is 0. The first-order valence-corrected chi connectivity index (χ1v) is 6.68. The van der Waals surface area contributed by atoms with E-state index in [1.807, 2.05) is 6.07 Å². The summed E-state index contributed by atoms with van der Waals surface area (Å²) in [6.45, 7) is 1.01. The summed E-state index contributed by atoms with van der Waals surface area (Å²) in [4.78, 5) is 25.2. The average Bonchev–Trinajstić information content (AvgIpc) is 2.53. The Bertz CT molecular complexity index is 806. The molecule has 1 aromatic heterocycles. The lowest BCUT2D eigenvalue weighted by molar-refractivity contribution is -0.131. The minimum absolute atomic E-state index is 0.281. The summed E-state index contributed by atoms with van der Waals surface area (Å²) in [5.41, 5.74) is 1.33. The lowest BCUT2D eigenvalue weighted by Crippen LogP contribution is -2.15. The number of hydrogen-bond donors (Lipinski definition) is 2. The van der Waals surface area contributed by atoms with Crippen LogP contribution in [-0.4, -0.2) is 29.3 Å². The molecule has 0 atom stereocenters. The Balaban J connectivity index is 1.94. The van der Waals surface area contributed by atoms with Gasteiger partial charge in [-0.25, -0.2) is 4.79 Å². The zero-order valence-corrected chi connectivity index (χ0v) is 11.5. The maximum atomic E-state index is 12.0. The minimum Gasteiger partial charge on any atom is -0.486 e. The molecule has 0 amide bonds. The van der Waals surface area contributed by atoms with Crippen LogP contribution in [0.3, 0.4) is 0 Å². The third-order valence-electron chi connectivity index (χ3n) is 3.20. The smallest absolute Gasteiger partial charge is 0.328 e. The third-order valence-corrected chi connectivity index (χ3v) is 3.20. The molecule has 0 saturated heterocycles. The van der Waals surface area contributed by atoms with E-state index >= 15 is 0 Å². The minimum atomic E-state index is -1.10. The number of aliphatic carboxylic acids is 1. The van der Waals surface area contributed by atoms with Gasteiger partial charge in [-0.05, 0) is 36.4 Å². The highest BCUT2D eigenvalue weighted by Crippen LogP contribution is 2.33. The predicted octanol–water partition coefficient (Wildman–Crippen LogP) is 1.91. The molecule has 0 saturated carbocycles. The molecule has 1 aliphatic rings. The number of carboxylic acid groups (broad SMARTS) is 1. The summed E-state index contributed by atoms with van der Waals surface area (Å²) in [7, 11) is 0. The van der Waals surface area contributed by atoms with Gasteiger partial charge in [0, 0.05) is 22.9 Å². The van der Waals surface area contributed by atoms with Crippen molar-refractivity contribution in [3.63, 3.8) is 0 Å². The highest BCUT2D eigenvalue weighted by Gasteiger charge is 2.12. The fraction of sp³-hybridized carbons (Fsp3) is 0.125. The zero-order chi connectivity index (χ0) is 15.5. The van der Waals surface area contributed by atoms with Gasteiger partial charge >= 0.3 is 5.97 Å². The number of carboxylic acids is 1. The van der Waals surface area contributed by atoms with E-state index in [9.17, 15) is 9.59 Å². The van der Waals surface area contributed by atoms with E-state index in [4.69, 9.17) is 14.6 Å². The topological polar surface area (TPSA) is 88.6 Å². The fourth-order valence-electron chi connectivity index (χ4n) is 2.16. The molecule has 0 unspecified atom stereocenters. The Hall–Kier alpha value is -3.02. The molecule has 0 bridgehead atoms. The van der Waals surface area contributed by atoms with E-state index in [2.05, 4.69) is 4.98 Å². The standard InChI is InChI=1S/C16H13NO5/c18-15(19)6-3-10-1-4-12(17-16(10)20)11-2-5-13-14(9-11)22-8-7-21-13/h1-6,9H,7-8H2,(H,17,20)(H,18,19)/b6-3+. The van der Waals surface area contributed by atoms with Crippen molar-refractivity contribution < 1.29 is 19.4 Å². The Morgan fingerprint density at radius 1 is 1.14 bits per heavy atom. The van der Waals surface area contributed by atoms with Gasteiger partial charge in [0.1, 0.15) is 13.2 Å². The van der Waals surface area contributed by atoms with Crippen molar-refractivity contribution in [3.05, 3.63) is 52.3 Å². The maximum Gasteiger partial charge on any atom is 0.328 e. The Labute approximate surface area is 125 Å². The van der Waals surface area contributed by atoms with Gasteiger partial charge in [-0.3, -0.25) is 4.79 Å². The number of pyridine rings is 1. The van der Waals surface area contributed by atoms with Crippen molar-refractivity contribution >= 4 is 12.0 Å². The zero-order valence-electron chi connectivity index (χ0n) is 11.5. The molecule has 0 aliphatic carbocycles. The first kappa shape index (κ1) is 13.9. The van der Waals surface area contributed by atoms with Gasteiger partial charge in [-0.1, -0.05) is 0 Å². The molecule has 2 heterocycles. The number of benzene rings is 1. The molecular weight excluding hydrogens is 286 g/mol. The van der Waals surface area contributed by atoms with Crippen LogP contribution in [0.25, 0.3) is 17.3 Å². The van der Waals surface area contributed by atoms with Gasteiger partial charge in [0.2, 0.25) is 0 Å². The molecule has 0 radical (unpaired) electrons. The monoisotopic (exact) mass is 299 g/mol. The highest BCUT2D eigenvalue weighted by atomic mass is 16.6. The first-order chi connectivity index (χ1) is 10.6. The molecule has 0 fully saturated rings. The number of aromatic nitrogens is 1. The van der Waals surface area contributed by atoms with E-state index < -0.39 is 5.97 Å². The Morgan fingerprint density at radius 3 is 2.64 bits per heavy atom. The number of ether oxygens (including phenoxy) is 2. The number of aromatic amines is 1. The van der Waals surface area contributed by atoms with E-state index in [1.54, 1.807) is 24.3 Å². The average molecular weight is 299 g/mol. The largest absolute Gasteiger partial charge is 0.486 e. The molecule has 2 aromatic rings. The maximum absolute atomic E-state index is 12.0. The number of H-pyrrole nitrogens is 1. The van der Waals surface area contributed by atoms with Crippen LogP contribution in [0.4, 0.5) is 0 Å². The molecule has 112 valence electrons. The van der Waals surface area contributed by atoms with E-state index in [-0.39, 0.29) is 11.1 Å². The van der Waals surface area contributed by atoms with Crippen LogP contribution in [-0.2, 0) is 4.79 Å². The van der Waals surface area contributed by atoms with Gasteiger partial charge in [0.25, 0.3) is 5.56 Å². The second-order valence-corrected chi connectivity index (χ2v) is 4.69. The van der Waals surface area contributed by atoms with Crippen LogP contribution >= 0.6 is 0 Å². The molecule has 1 aliphatic heterocycles. The Morgan fingerprint density at radius 2 is 1.91 bits per heavy atom. The Kier molecular flexibility index (Phi) is 3.65. The van der Waals surface area contributed by atoms with Crippen LogP contribution in [0.2, 0.25) is 0 Å². The SMILES string of the molecule is O=C(O)/C=C/c1ccc(-c2ccc3c(c2)OCCO3)[nH]c1=O. The van der Waals surface area contributed by atoms with Crippen LogP contribution in [0.1, 0.15) is 5.56 Å². The summed E-state index contributed by atoms with van der Waals surface area (Å²) in [6.07, 6.45) is 2.18. The molecule has 6 heteroatoms. The van der Waals surface area contributed by atoms with Crippen LogP contribution < -0.4 is 15.0 Å². The second-order valence-electron chi connectivity index (χ2n) is 4.69. The number of fused-ring (bicyclic) bond motifs is 1. The summed E-state index contributed by atoms with van der Waals surface area (Å²) in [5, 5.41) is 8.59. The van der Waals surface area contributed by atoms with Gasteiger partial charge in [0.15, 0.2) is 11.5 Å². The molecule has 22 heavy (non-hydrogen) atoms. The molecular formula is C16H13NO5. The van der Waals surface area contributed by atoms with Crippen molar-refractivity contribution in [1.29, 1.82) is 0 Å².